The van der Waals surface area contributed by atoms with Crippen molar-refractivity contribution in [2.45, 2.75) is 52.0 Å². The minimum absolute atomic E-state index is 0.132. The van der Waals surface area contributed by atoms with E-state index in [4.69, 9.17) is 5.73 Å². The fourth-order valence-corrected chi connectivity index (χ4v) is 2.25. The van der Waals surface area contributed by atoms with Gasteiger partial charge in [0.25, 0.3) is 0 Å². The van der Waals surface area contributed by atoms with Crippen molar-refractivity contribution in [3.8, 4) is 0 Å². The molecular weight excluding hydrogens is 194 g/mol. The fourth-order valence-electron chi connectivity index (χ4n) is 2.25. The molecule has 1 aliphatic carbocycles. The number of nitrogens with two attached hydrogens (primary N) is 1. The molecule has 0 aromatic heterocycles. The van der Waals surface area contributed by atoms with Gasteiger partial charge in [0, 0.05) is 6.04 Å². The van der Waals surface area contributed by atoms with Crippen LogP contribution >= 0.6 is 0 Å². The van der Waals surface area contributed by atoms with Crippen LogP contribution in [0.4, 0.5) is 0 Å². The second-order valence-corrected chi connectivity index (χ2v) is 6.14. The standard InChI is InChI=1S/C15H23N/c1-15(2,3)14(16)13-9-5-8-12(10-13)11-6-4-7-11/h5,8-11,14H,4,6-7,16H2,1-3H3. The average molecular weight is 217 g/mol. The monoisotopic (exact) mass is 217 g/mol. The normalized spacial score (nSPS) is 19.2. The lowest BCUT2D eigenvalue weighted by atomic mass is 9.77. The van der Waals surface area contributed by atoms with Crippen molar-refractivity contribution in [1.29, 1.82) is 0 Å². The second-order valence-electron chi connectivity index (χ2n) is 6.14. The first kappa shape index (κ1) is 11.7. The van der Waals surface area contributed by atoms with Crippen LogP contribution in [0.1, 0.15) is 63.1 Å². The molecule has 1 aromatic carbocycles. The Morgan fingerprint density at radius 1 is 1.25 bits per heavy atom. The summed E-state index contributed by atoms with van der Waals surface area (Å²) in [6.07, 6.45) is 4.10. The third-order valence-electron chi connectivity index (χ3n) is 3.78. The van der Waals surface area contributed by atoms with Crippen LogP contribution < -0.4 is 5.73 Å². The van der Waals surface area contributed by atoms with Crippen LogP contribution in [-0.2, 0) is 0 Å². The predicted octanol–water partition coefficient (Wildman–Crippen LogP) is 4.00. The first-order valence-electron chi connectivity index (χ1n) is 6.34. The lowest BCUT2D eigenvalue weighted by Crippen LogP contribution is -2.26. The zero-order valence-corrected chi connectivity index (χ0v) is 10.7. The van der Waals surface area contributed by atoms with E-state index in [0.29, 0.717) is 0 Å². The Hall–Kier alpha value is -0.820. The highest BCUT2D eigenvalue weighted by Crippen LogP contribution is 2.38. The molecule has 88 valence electrons. The Kier molecular flexibility index (Phi) is 3.07. The van der Waals surface area contributed by atoms with Gasteiger partial charge in [-0.3, -0.25) is 0 Å². The van der Waals surface area contributed by atoms with Gasteiger partial charge in [0.1, 0.15) is 0 Å². The molecule has 1 heteroatoms. The fraction of sp³-hybridized carbons (Fsp3) is 0.600. The van der Waals surface area contributed by atoms with Crippen LogP contribution in [0.15, 0.2) is 24.3 Å². The van der Waals surface area contributed by atoms with Crippen molar-refractivity contribution < 1.29 is 0 Å². The molecule has 0 bridgehead atoms. The van der Waals surface area contributed by atoms with E-state index in [0.717, 1.165) is 5.92 Å². The molecule has 2 rings (SSSR count). The minimum Gasteiger partial charge on any atom is -0.324 e. The predicted molar refractivity (Wildman–Crippen MR) is 69.4 cm³/mol. The van der Waals surface area contributed by atoms with E-state index in [1.165, 1.54) is 30.4 Å². The summed E-state index contributed by atoms with van der Waals surface area (Å²) in [6.45, 7) is 6.61. The number of hydrogen-bond acceptors (Lipinski definition) is 1. The number of rotatable bonds is 2. The van der Waals surface area contributed by atoms with E-state index in [1.807, 2.05) is 0 Å². The molecule has 1 saturated carbocycles. The molecule has 2 N–H and O–H groups in total. The lowest BCUT2D eigenvalue weighted by molar-refractivity contribution is 0.326. The molecule has 0 heterocycles. The van der Waals surface area contributed by atoms with E-state index in [-0.39, 0.29) is 11.5 Å². The van der Waals surface area contributed by atoms with Crippen molar-refractivity contribution in [2.75, 3.05) is 0 Å². The first-order valence-corrected chi connectivity index (χ1v) is 6.34. The number of benzene rings is 1. The van der Waals surface area contributed by atoms with E-state index >= 15 is 0 Å². The van der Waals surface area contributed by atoms with Gasteiger partial charge in [-0.05, 0) is 35.3 Å². The summed E-state index contributed by atoms with van der Waals surface area (Å²) in [4.78, 5) is 0. The van der Waals surface area contributed by atoms with E-state index in [1.54, 1.807) is 0 Å². The molecule has 0 saturated heterocycles. The quantitative estimate of drug-likeness (QED) is 0.796. The summed E-state index contributed by atoms with van der Waals surface area (Å²) >= 11 is 0. The van der Waals surface area contributed by atoms with E-state index in [2.05, 4.69) is 45.0 Å². The highest BCUT2D eigenvalue weighted by atomic mass is 14.7. The van der Waals surface area contributed by atoms with Gasteiger partial charge in [-0.15, -0.1) is 0 Å². The molecule has 0 spiro atoms. The van der Waals surface area contributed by atoms with Crippen molar-refractivity contribution >= 4 is 0 Å². The van der Waals surface area contributed by atoms with Gasteiger partial charge in [0.2, 0.25) is 0 Å². The summed E-state index contributed by atoms with van der Waals surface area (Å²) in [7, 11) is 0. The third-order valence-corrected chi connectivity index (χ3v) is 3.78. The van der Waals surface area contributed by atoms with E-state index in [9.17, 15) is 0 Å². The Morgan fingerprint density at radius 2 is 1.94 bits per heavy atom. The van der Waals surface area contributed by atoms with Crippen molar-refractivity contribution in [2.24, 2.45) is 11.1 Å². The maximum Gasteiger partial charge on any atom is 0.0344 e. The van der Waals surface area contributed by atoms with Crippen molar-refractivity contribution in [3.05, 3.63) is 35.4 Å². The van der Waals surface area contributed by atoms with Crippen LogP contribution in [-0.4, -0.2) is 0 Å². The Balaban J connectivity index is 2.21. The molecule has 0 radical (unpaired) electrons. The van der Waals surface area contributed by atoms with Gasteiger partial charge >= 0.3 is 0 Å². The van der Waals surface area contributed by atoms with Crippen molar-refractivity contribution in [1.82, 2.24) is 0 Å². The van der Waals surface area contributed by atoms with Crippen LogP contribution in [0.2, 0.25) is 0 Å². The summed E-state index contributed by atoms with van der Waals surface area (Å²) in [5, 5.41) is 0. The molecule has 16 heavy (non-hydrogen) atoms. The summed E-state index contributed by atoms with van der Waals surface area (Å²) in [6, 6.07) is 9.03. The van der Waals surface area contributed by atoms with Crippen molar-refractivity contribution in [3.63, 3.8) is 0 Å². The molecule has 1 fully saturated rings. The molecular formula is C15H23N. The van der Waals surface area contributed by atoms with Crippen LogP contribution in [0.5, 0.6) is 0 Å². The van der Waals surface area contributed by atoms with Gasteiger partial charge in [0.15, 0.2) is 0 Å². The van der Waals surface area contributed by atoms with Gasteiger partial charge in [-0.25, -0.2) is 0 Å². The van der Waals surface area contributed by atoms with Gasteiger partial charge in [-0.2, -0.15) is 0 Å². The SMILES string of the molecule is CC(C)(C)C(N)c1cccc(C2CCC2)c1. The summed E-state index contributed by atoms with van der Waals surface area (Å²) in [5.41, 5.74) is 9.22. The highest BCUT2D eigenvalue weighted by Gasteiger charge is 2.24. The lowest BCUT2D eigenvalue weighted by Gasteiger charge is -2.30. The van der Waals surface area contributed by atoms with Crippen LogP contribution in [0.3, 0.4) is 0 Å². The van der Waals surface area contributed by atoms with Gasteiger partial charge in [0.05, 0.1) is 0 Å². The smallest absolute Gasteiger partial charge is 0.0344 e. The molecule has 1 atom stereocenters. The zero-order valence-electron chi connectivity index (χ0n) is 10.7. The number of hydrogen-bond donors (Lipinski definition) is 1. The summed E-state index contributed by atoms with van der Waals surface area (Å²) in [5.74, 6) is 0.798. The molecule has 1 aliphatic rings. The summed E-state index contributed by atoms with van der Waals surface area (Å²) < 4.78 is 0. The molecule has 1 unspecified atom stereocenters. The molecule has 1 aromatic rings. The highest BCUT2D eigenvalue weighted by molar-refractivity contribution is 5.30. The Bertz CT molecular complexity index is 358. The van der Waals surface area contributed by atoms with Crippen LogP contribution in [0, 0.1) is 5.41 Å². The van der Waals surface area contributed by atoms with Crippen LogP contribution in [0.25, 0.3) is 0 Å². The Labute approximate surface area is 99.0 Å². The maximum atomic E-state index is 6.30. The maximum absolute atomic E-state index is 6.30. The topological polar surface area (TPSA) is 26.0 Å². The first-order chi connectivity index (χ1) is 7.48. The second kappa shape index (κ2) is 4.21. The largest absolute Gasteiger partial charge is 0.324 e. The minimum atomic E-state index is 0.132. The third kappa shape index (κ3) is 2.30. The zero-order chi connectivity index (χ0) is 11.8. The average Bonchev–Trinajstić information content (AvgIpc) is 2.13. The van der Waals surface area contributed by atoms with E-state index < -0.39 is 0 Å². The Morgan fingerprint density at radius 3 is 2.44 bits per heavy atom. The molecule has 1 nitrogen and oxygen atoms in total. The van der Waals surface area contributed by atoms with Gasteiger partial charge in [-0.1, -0.05) is 51.5 Å². The molecule has 0 aliphatic heterocycles. The molecule has 0 amide bonds. The van der Waals surface area contributed by atoms with Gasteiger partial charge < -0.3 is 5.73 Å².